The Morgan fingerprint density at radius 3 is 2.72 bits per heavy atom. The molecule has 0 aliphatic carbocycles. The summed E-state index contributed by atoms with van der Waals surface area (Å²) in [6, 6.07) is 3.74. The molecule has 1 N–H and O–H groups in total. The highest BCUT2D eigenvalue weighted by molar-refractivity contribution is 5.97. The van der Waals surface area contributed by atoms with E-state index in [1.165, 1.54) is 19.5 Å². The second kappa shape index (κ2) is 6.01. The molecule has 0 aliphatic rings. The van der Waals surface area contributed by atoms with Gasteiger partial charge in [-0.15, -0.1) is 0 Å². The molecule has 0 spiro atoms. The highest BCUT2D eigenvalue weighted by atomic mass is 16.5. The van der Waals surface area contributed by atoms with Crippen LogP contribution in [0.4, 0.5) is 0 Å². The van der Waals surface area contributed by atoms with Crippen LogP contribution in [0.15, 0.2) is 18.5 Å². The summed E-state index contributed by atoms with van der Waals surface area (Å²) in [4.78, 5) is 16.0. The van der Waals surface area contributed by atoms with Crippen LogP contribution in [0.2, 0.25) is 0 Å². The fourth-order valence-electron chi connectivity index (χ4n) is 1.63. The van der Waals surface area contributed by atoms with Gasteiger partial charge in [0.1, 0.15) is 11.3 Å². The van der Waals surface area contributed by atoms with E-state index in [1.54, 1.807) is 6.07 Å². The number of hydrogen-bond donors (Lipinski definition) is 1. The number of nitriles is 1. The molecule has 1 aromatic heterocycles. The molecular weight excluding hydrogens is 230 g/mol. The van der Waals surface area contributed by atoms with Crippen molar-refractivity contribution < 1.29 is 9.53 Å². The van der Waals surface area contributed by atoms with Crippen LogP contribution in [0.25, 0.3) is 0 Å². The Hall–Kier alpha value is -2.09. The Labute approximate surface area is 107 Å². The van der Waals surface area contributed by atoms with Crippen molar-refractivity contribution in [3.63, 3.8) is 0 Å². The van der Waals surface area contributed by atoms with E-state index in [4.69, 9.17) is 4.74 Å². The first-order chi connectivity index (χ1) is 8.62. The number of hydrogen-bond acceptors (Lipinski definition) is 4. The number of amides is 1. The first kappa shape index (κ1) is 14.0. The maximum absolute atomic E-state index is 12.1. The van der Waals surface area contributed by atoms with Crippen molar-refractivity contribution in [2.75, 3.05) is 7.11 Å². The molecule has 0 bridgehead atoms. The van der Waals surface area contributed by atoms with Gasteiger partial charge in [-0.05, 0) is 18.9 Å². The van der Waals surface area contributed by atoms with E-state index in [-0.39, 0.29) is 5.91 Å². The fourth-order valence-corrected chi connectivity index (χ4v) is 1.63. The molecule has 18 heavy (non-hydrogen) atoms. The normalized spacial score (nSPS) is 10.6. The number of rotatable bonds is 5. The van der Waals surface area contributed by atoms with Crippen molar-refractivity contribution in [3.8, 4) is 11.8 Å². The van der Waals surface area contributed by atoms with Crippen molar-refractivity contribution in [1.29, 1.82) is 5.26 Å². The van der Waals surface area contributed by atoms with Gasteiger partial charge in [-0.1, -0.05) is 13.8 Å². The Morgan fingerprint density at radius 2 is 2.22 bits per heavy atom. The van der Waals surface area contributed by atoms with E-state index in [0.717, 1.165) is 0 Å². The third-order valence-electron chi connectivity index (χ3n) is 3.02. The number of carbonyl (C=O) groups is 1. The van der Waals surface area contributed by atoms with Gasteiger partial charge in [0.05, 0.1) is 24.9 Å². The van der Waals surface area contributed by atoms with Gasteiger partial charge in [-0.3, -0.25) is 9.78 Å². The Bertz CT molecular complexity index is 462. The quantitative estimate of drug-likeness (QED) is 0.862. The number of nitrogens with one attached hydrogen (secondary N) is 1. The van der Waals surface area contributed by atoms with Gasteiger partial charge in [0, 0.05) is 6.20 Å². The summed E-state index contributed by atoms with van der Waals surface area (Å²) in [5, 5.41) is 12.0. The summed E-state index contributed by atoms with van der Waals surface area (Å²) in [6.45, 7) is 3.74. The molecule has 1 amide bonds. The summed E-state index contributed by atoms with van der Waals surface area (Å²) in [5.74, 6) is 0.0774. The first-order valence-corrected chi connectivity index (χ1v) is 5.84. The largest absolute Gasteiger partial charge is 0.494 e. The predicted octanol–water partition coefficient (Wildman–Crippen LogP) is 1.90. The smallest absolute Gasteiger partial charge is 0.256 e. The summed E-state index contributed by atoms with van der Waals surface area (Å²) in [7, 11) is 1.48. The van der Waals surface area contributed by atoms with Crippen LogP contribution in [-0.4, -0.2) is 23.5 Å². The standard InChI is InChI=1S/C13H17N3O2/c1-4-13(5-2,9-14)16-12(17)10-6-7-15-8-11(10)18-3/h6-8H,4-5H2,1-3H3,(H,16,17). The van der Waals surface area contributed by atoms with Gasteiger partial charge in [0.15, 0.2) is 0 Å². The van der Waals surface area contributed by atoms with Crippen LogP contribution in [-0.2, 0) is 0 Å². The molecule has 0 saturated heterocycles. The molecule has 0 aromatic carbocycles. The number of aromatic nitrogens is 1. The van der Waals surface area contributed by atoms with E-state index in [1.807, 2.05) is 13.8 Å². The van der Waals surface area contributed by atoms with Crippen molar-refractivity contribution in [2.24, 2.45) is 0 Å². The number of carbonyl (C=O) groups excluding carboxylic acids is 1. The maximum Gasteiger partial charge on any atom is 0.256 e. The molecule has 5 heteroatoms. The van der Waals surface area contributed by atoms with Crippen LogP contribution in [0.1, 0.15) is 37.0 Å². The van der Waals surface area contributed by atoms with E-state index >= 15 is 0 Å². The van der Waals surface area contributed by atoms with Crippen molar-refractivity contribution in [2.45, 2.75) is 32.2 Å². The van der Waals surface area contributed by atoms with Crippen molar-refractivity contribution in [1.82, 2.24) is 10.3 Å². The van der Waals surface area contributed by atoms with Crippen LogP contribution in [0.3, 0.4) is 0 Å². The van der Waals surface area contributed by atoms with Crippen molar-refractivity contribution in [3.05, 3.63) is 24.0 Å². The van der Waals surface area contributed by atoms with Crippen LogP contribution in [0, 0.1) is 11.3 Å². The average molecular weight is 247 g/mol. The van der Waals surface area contributed by atoms with Crippen LogP contribution >= 0.6 is 0 Å². The first-order valence-electron chi connectivity index (χ1n) is 5.84. The molecule has 0 saturated carbocycles. The molecule has 0 radical (unpaired) electrons. The summed E-state index contributed by atoms with van der Waals surface area (Å²) in [5.41, 5.74) is -0.445. The van der Waals surface area contributed by atoms with Gasteiger partial charge < -0.3 is 10.1 Å². The van der Waals surface area contributed by atoms with E-state index in [0.29, 0.717) is 24.2 Å². The molecule has 0 unspecified atom stereocenters. The third kappa shape index (κ3) is 2.77. The minimum atomic E-state index is -0.828. The molecule has 0 atom stereocenters. The molecule has 1 rings (SSSR count). The number of pyridine rings is 1. The topological polar surface area (TPSA) is 75.0 Å². The van der Waals surface area contributed by atoms with Gasteiger partial charge in [0.25, 0.3) is 5.91 Å². The number of methoxy groups -OCH3 is 1. The summed E-state index contributed by atoms with van der Waals surface area (Å²) in [6.07, 6.45) is 4.10. The lowest BCUT2D eigenvalue weighted by Crippen LogP contribution is -2.46. The predicted molar refractivity (Wildman–Crippen MR) is 67.2 cm³/mol. The minimum Gasteiger partial charge on any atom is -0.494 e. The Kier molecular flexibility index (Phi) is 4.67. The maximum atomic E-state index is 12.1. The minimum absolute atomic E-state index is 0.320. The molecule has 0 fully saturated rings. The zero-order chi connectivity index (χ0) is 13.6. The lowest BCUT2D eigenvalue weighted by atomic mass is 9.94. The van der Waals surface area contributed by atoms with E-state index in [2.05, 4.69) is 16.4 Å². The zero-order valence-electron chi connectivity index (χ0n) is 10.9. The highest BCUT2D eigenvalue weighted by Crippen LogP contribution is 2.19. The SMILES string of the molecule is CCC(C#N)(CC)NC(=O)c1ccncc1OC. The highest BCUT2D eigenvalue weighted by Gasteiger charge is 2.29. The second-order valence-corrected chi connectivity index (χ2v) is 3.93. The Morgan fingerprint density at radius 1 is 1.56 bits per heavy atom. The zero-order valence-corrected chi connectivity index (χ0v) is 10.9. The lowest BCUT2D eigenvalue weighted by molar-refractivity contribution is 0.0912. The van der Waals surface area contributed by atoms with E-state index < -0.39 is 5.54 Å². The number of nitrogens with zero attached hydrogens (tertiary/aromatic N) is 2. The third-order valence-corrected chi connectivity index (χ3v) is 3.02. The lowest BCUT2D eigenvalue weighted by Gasteiger charge is -2.25. The van der Waals surface area contributed by atoms with Gasteiger partial charge in [-0.25, -0.2) is 0 Å². The molecule has 5 nitrogen and oxygen atoms in total. The number of ether oxygens (including phenoxy) is 1. The Balaban J connectivity index is 2.99. The molecule has 0 aliphatic heterocycles. The van der Waals surface area contributed by atoms with Gasteiger partial charge in [0.2, 0.25) is 0 Å². The van der Waals surface area contributed by atoms with Crippen LogP contribution in [0.5, 0.6) is 5.75 Å². The fraction of sp³-hybridized carbons (Fsp3) is 0.462. The van der Waals surface area contributed by atoms with E-state index in [9.17, 15) is 10.1 Å². The van der Waals surface area contributed by atoms with Gasteiger partial charge >= 0.3 is 0 Å². The average Bonchev–Trinajstić information content (AvgIpc) is 2.44. The second-order valence-electron chi connectivity index (χ2n) is 3.93. The summed E-state index contributed by atoms with van der Waals surface area (Å²) < 4.78 is 5.08. The summed E-state index contributed by atoms with van der Waals surface area (Å²) >= 11 is 0. The van der Waals surface area contributed by atoms with Gasteiger partial charge in [-0.2, -0.15) is 5.26 Å². The van der Waals surface area contributed by atoms with Crippen molar-refractivity contribution >= 4 is 5.91 Å². The molecule has 96 valence electrons. The molecular formula is C13H17N3O2. The molecule has 1 aromatic rings. The van der Waals surface area contributed by atoms with Crippen LogP contribution < -0.4 is 10.1 Å². The molecule has 1 heterocycles. The monoisotopic (exact) mass is 247 g/mol.